The van der Waals surface area contributed by atoms with E-state index in [-0.39, 0.29) is 0 Å². The molecule has 2 unspecified atom stereocenters. The average Bonchev–Trinajstić information content (AvgIpc) is 2.84. The topological polar surface area (TPSA) is 12.0 Å². The van der Waals surface area contributed by atoms with Gasteiger partial charge in [-0.1, -0.05) is 70.2 Å². The maximum absolute atomic E-state index is 3.70. The number of nitrogens with one attached hydrogen (secondary N) is 1. The summed E-state index contributed by atoms with van der Waals surface area (Å²) in [5.41, 5.74) is 8.15. The second-order valence-corrected chi connectivity index (χ2v) is 9.83. The van der Waals surface area contributed by atoms with E-state index in [0.717, 1.165) is 18.9 Å². The van der Waals surface area contributed by atoms with E-state index in [9.17, 15) is 0 Å². The van der Waals surface area contributed by atoms with Gasteiger partial charge in [-0.25, -0.2) is 0 Å². The number of fused-ring (bicyclic) bond motifs is 1. The first-order valence-electron chi connectivity index (χ1n) is 11.7. The lowest BCUT2D eigenvalue weighted by Gasteiger charge is -2.26. The van der Waals surface area contributed by atoms with Crippen molar-refractivity contribution in [2.24, 2.45) is 11.3 Å². The fraction of sp³-hybridized carbons (Fsp3) is 0.667. The van der Waals surface area contributed by atoms with Crippen LogP contribution < -0.4 is 5.32 Å². The summed E-state index contributed by atoms with van der Waals surface area (Å²) in [5, 5.41) is 3.39. The molecule has 1 fully saturated rings. The van der Waals surface area contributed by atoms with Crippen LogP contribution in [0, 0.1) is 11.3 Å². The van der Waals surface area contributed by atoms with Gasteiger partial charge in [0, 0.05) is 6.54 Å². The maximum atomic E-state index is 3.70. The maximum Gasteiger partial charge on any atom is 0.00172 e. The van der Waals surface area contributed by atoms with Gasteiger partial charge in [0.25, 0.3) is 0 Å². The molecule has 2 aliphatic rings. The molecule has 0 amide bonds. The molecule has 1 aromatic carbocycles. The van der Waals surface area contributed by atoms with Crippen LogP contribution in [0.15, 0.2) is 36.6 Å². The van der Waals surface area contributed by atoms with Crippen molar-refractivity contribution in [3.05, 3.63) is 53.3 Å². The van der Waals surface area contributed by atoms with E-state index >= 15 is 0 Å². The van der Waals surface area contributed by atoms with Crippen LogP contribution in [0.2, 0.25) is 0 Å². The number of allylic oxidation sites excluding steroid dienone is 1. The summed E-state index contributed by atoms with van der Waals surface area (Å²) in [5.74, 6) is 1.58. The second kappa shape index (κ2) is 10.5. The largest absolute Gasteiger partial charge is 0.319 e. The molecule has 1 N–H and O–H groups in total. The first-order chi connectivity index (χ1) is 13.6. The third-order valence-corrected chi connectivity index (χ3v) is 7.32. The molecule has 0 bridgehead atoms. The van der Waals surface area contributed by atoms with Crippen molar-refractivity contribution < 1.29 is 0 Å². The van der Waals surface area contributed by atoms with Crippen LogP contribution in [0.5, 0.6) is 0 Å². The molecule has 0 aliphatic heterocycles. The van der Waals surface area contributed by atoms with Crippen molar-refractivity contribution in [2.45, 2.75) is 89.9 Å². The van der Waals surface area contributed by atoms with Crippen LogP contribution in [0.1, 0.15) is 93.7 Å². The summed E-state index contributed by atoms with van der Waals surface area (Å²) in [7, 11) is 2.06. The summed E-state index contributed by atoms with van der Waals surface area (Å²) >= 11 is 0. The fourth-order valence-corrected chi connectivity index (χ4v) is 5.62. The molecule has 28 heavy (non-hydrogen) atoms. The van der Waals surface area contributed by atoms with Gasteiger partial charge in [0.05, 0.1) is 0 Å². The van der Waals surface area contributed by atoms with E-state index in [4.69, 9.17) is 0 Å². The fourth-order valence-electron chi connectivity index (χ4n) is 5.62. The summed E-state index contributed by atoms with van der Waals surface area (Å²) in [4.78, 5) is 0. The first kappa shape index (κ1) is 21.4. The van der Waals surface area contributed by atoms with Crippen LogP contribution in [0.25, 0.3) is 0 Å². The van der Waals surface area contributed by atoms with Crippen molar-refractivity contribution in [3.63, 3.8) is 0 Å². The van der Waals surface area contributed by atoms with Crippen LogP contribution in [0.4, 0.5) is 0 Å². The van der Waals surface area contributed by atoms with E-state index in [2.05, 4.69) is 55.9 Å². The van der Waals surface area contributed by atoms with Gasteiger partial charge >= 0.3 is 0 Å². The number of rotatable bonds is 9. The van der Waals surface area contributed by atoms with Crippen LogP contribution >= 0.6 is 0 Å². The number of hydrogen-bond donors (Lipinski definition) is 1. The Morgan fingerprint density at radius 3 is 2.64 bits per heavy atom. The third-order valence-electron chi connectivity index (χ3n) is 7.32. The second-order valence-electron chi connectivity index (χ2n) is 9.83. The Bertz CT molecular complexity index is 661. The zero-order chi connectivity index (χ0) is 19.8. The lowest BCUT2D eigenvalue weighted by molar-refractivity contribution is 0.268. The molecule has 0 radical (unpaired) electrons. The molecule has 0 spiro atoms. The zero-order valence-corrected chi connectivity index (χ0v) is 18.4. The monoisotopic (exact) mass is 379 g/mol. The van der Waals surface area contributed by atoms with Crippen molar-refractivity contribution in [3.8, 4) is 0 Å². The van der Waals surface area contributed by atoms with Gasteiger partial charge in [-0.05, 0) is 85.6 Å². The molecule has 2 atom stereocenters. The van der Waals surface area contributed by atoms with Crippen LogP contribution in [-0.4, -0.2) is 13.6 Å². The Kier molecular flexibility index (Phi) is 8.00. The molecule has 1 saturated carbocycles. The molecule has 2 aliphatic carbocycles. The van der Waals surface area contributed by atoms with Gasteiger partial charge in [-0.2, -0.15) is 0 Å². The minimum Gasteiger partial charge on any atom is -0.319 e. The van der Waals surface area contributed by atoms with Gasteiger partial charge in [0.15, 0.2) is 0 Å². The molecule has 1 heteroatoms. The smallest absolute Gasteiger partial charge is 0.00172 e. The summed E-state index contributed by atoms with van der Waals surface area (Å²) in [6.45, 7) is 7.29. The molecule has 3 rings (SSSR count). The lowest BCUT2D eigenvalue weighted by atomic mass is 9.79. The minimum absolute atomic E-state index is 0.483. The Morgan fingerprint density at radius 2 is 1.93 bits per heavy atom. The van der Waals surface area contributed by atoms with Crippen LogP contribution in [0.3, 0.4) is 0 Å². The van der Waals surface area contributed by atoms with Crippen molar-refractivity contribution in [1.82, 2.24) is 5.32 Å². The highest BCUT2D eigenvalue weighted by molar-refractivity contribution is 5.39. The number of likely N-dealkylation sites (N-methyl/N-ethyl adjacent to an activating group) is 1. The van der Waals surface area contributed by atoms with E-state index < -0.39 is 0 Å². The predicted molar refractivity (Wildman–Crippen MR) is 122 cm³/mol. The molecular weight excluding hydrogens is 338 g/mol. The molecule has 0 heterocycles. The highest BCUT2D eigenvalue weighted by Crippen LogP contribution is 2.43. The minimum atomic E-state index is 0.483. The number of hydrogen-bond acceptors (Lipinski definition) is 1. The predicted octanol–water partition coefficient (Wildman–Crippen LogP) is 6.97. The summed E-state index contributed by atoms with van der Waals surface area (Å²) < 4.78 is 0. The van der Waals surface area contributed by atoms with Gasteiger partial charge in [0.1, 0.15) is 0 Å². The van der Waals surface area contributed by atoms with E-state index in [1.54, 1.807) is 11.1 Å². The van der Waals surface area contributed by atoms with E-state index in [0.29, 0.717) is 11.3 Å². The Balaban J connectivity index is 1.62. The Morgan fingerprint density at radius 1 is 1.18 bits per heavy atom. The lowest BCUT2D eigenvalue weighted by Crippen LogP contribution is -2.18. The van der Waals surface area contributed by atoms with Gasteiger partial charge in [0.2, 0.25) is 0 Å². The first-order valence-corrected chi connectivity index (χ1v) is 11.7. The van der Waals surface area contributed by atoms with Gasteiger partial charge < -0.3 is 5.32 Å². The van der Waals surface area contributed by atoms with Crippen LogP contribution in [-0.2, 0) is 12.8 Å². The van der Waals surface area contributed by atoms with Crippen molar-refractivity contribution in [2.75, 3.05) is 13.6 Å². The Labute approximate surface area is 173 Å². The van der Waals surface area contributed by atoms with E-state index in [1.807, 2.05) is 0 Å². The summed E-state index contributed by atoms with van der Waals surface area (Å²) in [6.07, 6.45) is 18.6. The van der Waals surface area contributed by atoms with E-state index in [1.165, 1.54) is 76.2 Å². The summed E-state index contributed by atoms with van der Waals surface area (Å²) in [6, 6.07) is 7.37. The zero-order valence-electron chi connectivity index (χ0n) is 18.4. The SMILES string of the molecule is C=C=CCCC(CNC)c1ccc2c(c1)CC(C)(CCC1CCCCCC1)C2. The number of benzene rings is 1. The third kappa shape index (κ3) is 5.85. The Hall–Kier alpha value is -1.30. The van der Waals surface area contributed by atoms with Gasteiger partial charge in [-0.3, -0.25) is 0 Å². The van der Waals surface area contributed by atoms with Crippen molar-refractivity contribution >= 4 is 0 Å². The quantitative estimate of drug-likeness (QED) is 0.361. The molecule has 0 aromatic heterocycles. The highest BCUT2D eigenvalue weighted by Gasteiger charge is 2.33. The van der Waals surface area contributed by atoms with Crippen molar-refractivity contribution in [1.29, 1.82) is 0 Å². The average molecular weight is 380 g/mol. The molecule has 0 saturated heterocycles. The molecule has 1 aromatic rings. The normalized spacial score (nSPS) is 23.6. The highest BCUT2D eigenvalue weighted by atomic mass is 14.8. The standard InChI is InChI=1S/C27H41N/c1-4-5-8-13-25(21-28-3)23-14-15-24-19-27(2,20-26(24)18-23)17-16-22-11-9-6-7-10-12-22/h5,14-15,18,22,25,28H,1,6-13,16-17,19-21H2,2-3H3. The molecule has 1 nitrogen and oxygen atoms in total. The van der Waals surface area contributed by atoms with Gasteiger partial charge in [-0.15, -0.1) is 5.73 Å². The molecular formula is C27H41N. The molecule has 154 valence electrons.